The van der Waals surface area contributed by atoms with Crippen LogP contribution in [0.1, 0.15) is 38.1 Å². The van der Waals surface area contributed by atoms with Crippen molar-refractivity contribution < 1.29 is 9.90 Å². The largest absolute Gasteiger partial charge is 0.480 e. The van der Waals surface area contributed by atoms with Crippen LogP contribution in [0.15, 0.2) is 12.4 Å². The lowest BCUT2D eigenvalue weighted by atomic mass is 10.1. The minimum absolute atomic E-state index is 0.487. The molecule has 1 atom stereocenters. The van der Waals surface area contributed by atoms with Gasteiger partial charge in [0.25, 0.3) is 0 Å². The van der Waals surface area contributed by atoms with Crippen molar-refractivity contribution in [3.8, 4) is 0 Å². The van der Waals surface area contributed by atoms with E-state index in [-0.39, 0.29) is 0 Å². The number of aromatic nitrogens is 2. The average molecular weight is 237 g/mol. The fraction of sp³-hybridized carbons (Fsp3) is 0.583. The highest BCUT2D eigenvalue weighted by molar-refractivity contribution is 5.73. The third-order valence-corrected chi connectivity index (χ3v) is 2.50. The molecular weight excluding hydrogens is 218 g/mol. The first-order valence-electron chi connectivity index (χ1n) is 5.93. The van der Waals surface area contributed by atoms with Crippen molar-refractivity contribution in [2.45, 2.75) is 45.7 Å². The molecule has 1 aromatic rings. The molecule has 17 heavy (non-hydrogen) atoms. The maximum absolute atomic E-state index is 10.9. The van der Waals surface area contributed by atoms with Crippen molar-refractivity contribution >= 4 is 5.97 Å². The van der Waals surface area contributed by atoms with Crippen LogP contribution in [0.25, 0.3) is 0 Å². The Morgan fingerprint density at radius 3 is 2.53 bits per heavy atom. The lowest BCUT2D eigenvalue weighted by Crippen LogP contribution is -2.36. The highest BCUT2D eigenvalue weighted by Gasteiger charge is 2.15. The average Bonchev–Trinajstić information content (AvgIpc) is 2.34. The van der Waals surface area contributed by atoms with E-state index in [4.69, 9.17) is 5.11 Å². The monoisotopic (exact) mass is 237 g/mol. The topological polar surface area (TPSA) is 75.1 Å². The van der Waals surface area contributed by atoms with E-state index in [2.05, 4.69) is 15.3 Å². The number of rotatable bonds is 7. The van der Waals surface area contributed by atoms with Gasteiger partial charge in [0.1, 0.15) is 11.9 Å². The van der Waals surface area contributed by atoms with Gasteiger partial charge in [-0.3, -0.25) is 4.79 Å². The molecule has 5 nitrogen and oxygen atoms in total. The minimum Gasteiger partial charge on any atom is -0.480 e. The summed E-state index contributed by atoms with van der Waals surface area (Å²) in [6.45, 7) is 4.45. The first kappa shape index (κ1) is 13.6. The van der Waals surface area contributed by atoms with Crippen molar-refractivity contribution in [3.05, 3.63) is 23.8 Å². The molecule has 1 unspecified atom stereocenters. The number of aliphatic carboxylic acids is 1. The number of carbonyl (C=O) groups is 1. The van der Waals surface area contributed by atoms with Gasteiger partial charge in [0.15, 0.2) is 0 Å². The molecular formula is C12H19N3O2. The third-order valence-electron chi connectivity index (χ3n) is 2.50. The van der Waals surface area contributed by atoms with Crippen molar-refractivity contribution in [1.82, 2.24) is 15.3 Å². The Bertz CT molecular complexity index is 351. The van der Waals surface area contributed by atoms with Crippen LogP contribution in [0, 0.1) is 0 Å². The first-order chi connectivity index (χ1) is 8.17. The summed E-state index contributed by atoms with van der Waals surface area (Å²) in [5.41, 5.74) is 0.907. The van der Waals surface area contributed by atoms with Crippen LogP contribution in [-0.2, 0) is 17.8 Å². The van der Waals surface area contributed by atoms with Crippen molar-refractivity contribution in [1.29, 1.82) is 0 Å². The quantitative estimate of drug-likeness (QED) is 0.749. The summed E-state index contributed by atoms with van der Waals surface area (Å²) >= 11 is 0. The normalized spacial score (nSPS) is 12.4. The number of carboxylic acids is 1. The molecule has 94 valence electrons. The standard InChI is InChI=1S/C12H19N3O2/c1-3-5-10(12(16)17)13-6-9-7-14-11(4-2)15-8-9/h7-8,10,13H,3-6H2,1-2H3,(H,16,17). The number of nitrogens with one attached hydrogen (secondary N) is 1. The van der Waals surface area contributed by atoms with Gasteiger partial charge < -0.3 is 10.4 Å². The van der Waals surface area contributed by atoms with Crippen LogP contribution in [0.5, 0.6) is 0 Å². The Morgan fingerprint density at radius 1 is 1.41 bits per heavy atom. The van der Waals surface area contributed by atoms with Gasteiger partial charge in [0.2, 0.25) is 0 Å². The fourth-order valence-corrected chi connectivity index (χ4v) is 1.50. The van der Waals surface area contributed by atoms with Crippen LogP contribution in [-0.4, -0.2) is 27.1 Å². The molecule has 1 rings (SSSR count). The van der Waals surface area contributed by atoms with Crippen molar-refractivity contribution in [3.63, 3.8) is 0 Å². The van der Waals surface area contributed by atoms with Crippen LogP contribution < -0.4 is 5.32 Å². The van der Waals surface area contributed by atoms with E-state index in [1.54, 1.807) is 12.4 Å². The molecule has 0 aliphatic carbocycles. The maximum atomic E-state index is 10.9. The maximum Gasteiger partial charge on any atom is 0.320 e. The molecule has 1 heterocycles. The molecule has 0 saturated carbocycles. The van der Waals surface area contributed by atoms with E-state index in [1.165, 1.54) is 0 Å². The van der Waals surface area contributed by atoms with E-state index < -0.39 is 12.0 Å². The molecule has 1 aromatic heterocycles. The number of hydrogen-bond donors (Lipinski definition) is 2. The lowest BCUT2D eigenvalue weighted by Gasteiger charge is -2.13. The van der Waals surface area contributed by atoms with Gasteiger partial charge in [-0.2, -0.15) is 0 Å². The predicted octanol–water partition coefficient (Wildman–Crippen LogP) is 1.38. The van der Waals surface area contributed by atoms with Gasteiger partial charge in [-0.05, 0) is 6.42 Å². The molecule has 0 aromatic carbocycles. The second-order valence-corrected chi connectivity index (χ2v) is 3.92. The van der Waals surface area contributed by atoms with Crippen LogP contribution >= 0.6 is 0 Å². The van der Waals surface area contributed by atoms with Gasteiger partial charge in [-0.1, -0.05) is 20.3 Å². The lowest BCUT2D eigenvalue weighted by molar-refractivity contribution is -0.139. The van der Waals surface area contributed by atoms with Crippen LogP contribution in [0.2, 0.25) is 0 Å². The second-order valence-electron chi connectivity index (χ2n) is 3.92. The Labute approximate surface area is 101 Å². The number of aryl methyl sites for hydroxylation is 1. The first-order valence-corrected chi connectivity index (χ1v) is 5.93. The molecule has 0 fully saturated rings. The highest BCUT2D eigenvalue weighted by Crippen LogP contribution is 2.01. The van der Waals surface area contributed by atoms with Crippen molar-refractivity contribution in [2.75, 3.05) is 0 Å². The highest BCUT2D eigenvalue weighted by atomic mass is 16.4. The van der Waals surface area contributed by atoms with Gasteiger partial charge in [-0.25, -0.2) is 9.97 Å². The Kier molecular flexibility index (Phi) is 5.56. The van der Waals surface area contributed by atoms with E-state index >= 15 is 0 Å². The number of hydrogen-bond acceptors (Lipinski definition) is 4. The molecule has 0 radical (unpaired) electrons. The predicted molar refractivity (Wildman–Crippen MR) is 64.6 cm³/mol. The molecule has 0 amide bonds. The molecule has 0 aliphatic rings. The second kappa shape index (κ2) is 6.96. The fourth-order valence-electron chi connectivity index (χ4n) is 1.50. The number of carboxylic acid groups (broad SMARTS) is 1. The minimum atomic E-state index is -0.807. The Hall–Kier alpha value is -1.49. The Morgan fingerprint density at radius 2 is 2.06 bits per heavy atom. The summed E-state index contributed by atoms with van der Waals surface area (Å²) in [5.74, 6) is -0.00459. The molecule has 5 heteroatoms. The smallest absolute Gasteiger partial charge is 0.320 e. The number of nitrogens with zero attached hydrogens (tertiary/aromatic N) is 2. The van der Waals surface area contributed by atoms with Gasteiger partial charge >= 0.3 is 5.97 Å². The van der Waals surface area contributed by atoms with E-state index in [0.717, 1.165) is 24.2 Å². The summed E-state index contributed by atoms with van der Waals surface area (Å²) in [5, 5.41) is 12.0. The summed E-state index contributed by atoms with van der Waals surface area (Å²) < 4.78 is 0. The van der Waals surface area contributed by atoms with Crippen LogP contribution in [0.4, 0.5) is 0 Å². The van der Waals surface area contributed by atoms with E-state index in [1.807, 2.05) is 13.8 Å². The summed E-state index contributed by atoms with van der Waals surface area (Å²) in [7, 11) is 0. The van der Waals surface area contributed by atoms with E-state index in [9.17, 15) is 4.79 Å². The zero-order valence-corrected chi connectivity index (χ0v) is 10.3. The SMILES string of the molecule is CCCC(NCc1cnc(CC)nc1)C(=O)O. The zero-order chi connectivity index (χ0) is 12.7. The van der Waals surface area contributed by atoms with Gasteiger partial charge in [0.05, 0.1) is 0 Å². The molecule has 0 aliphatic heterocycles. The Balaban J connectivity index is 2.50. The van der Waals surface area contributed by atoms with Crippen molar-refractivity contribution in [2.24, 2.45) is 0 Å². The molecule has 0 saturated heterocycles. The summed E-state index contributed by atoms with van der Waals surface area (Å²) in [4.78, 5) is 19.3. The molecule has 2 N–H and O–H groups in total. The molecule has 0 spiro atoms. The summed E-state index contributed by atoms with van der Waals surface area (Å²) in [6, 6.07) is -0.495. The van der Waals surface area contributed by atoms with Gasteiger partial charge in [0, 0.05) is 30.9 Å². The van der Waals surface area contributed by atoms with Gasteiger partial charge in [-0.15, -0.1) is 0 Å². The van der Waals surface area contributed by atoms with Crippen LogP contribution in [0.3, 0.4) is 0 Å². The summed E-state index contributed by atoms with van der Waals surface area (Å²) in [6.07, 6.45) is 5.76. The zero-order valence-electron chi connectivity index (χ0n) is 10.3. The third kappa shape index (κ3) is 4.48. The van der Waals surface area contributed by atoms with E-state index in [0.29, 0.717) is 13.0 Å². The molecule has 0 bridgehead atoms.